The molecule has 2 N–H and O–H groups in total. The summed E-state index contributed by atoms with van der Waals surface area (Å²) >= 11 is 0. The third-order valence-corrected chi connectivity index (χ3v) is 3.43. The zero-order valence-corrected chi connectivity index (χ0v) is 10.6. The van der Waals surface area contributed by atoms with Crippen molar-refractivity contribution in [2.75, 3.05) is 6.54 Å². The third kappa shape index (κ3) is 2.20. The Morgan fingerprint density at radius 1 is 1.47 bits per heavy atom. The Balaban J connectivity index is 3.06. The van der Waals surface area contributed by atoms with Gasteiger partial charge in [0.2, 0.25) is 5.91 Å². The van der Waals surface area contributed by atoms with Crippen LogP contribution in [0.25, 0.3) is 0 Å². The highest BCUT2D eigenvalue weighted by atomic mass is 16.3. The summed E-state index contributed by atoms with van der Waals surface area (Å²) in [5, 5.41) is 12.6. The summed E-state index contributed by atoms with van der Waals surface area (Å²) < 4.78 is 0. The van der Waals surface area contributed by atoms with Crippen LogP contribution in [0.5, 0.6) is 0 Å². The molecule has 0 aromatic heterocycles. The smallest absolute Gasteiger partial charge is 0.326 e. The van der Waals surface area contributed by atoms with Crippen LogP contribution < -0.4 is 5.32 Å². The molecule has 1 aliphatic rings. The number of hydrogen-bond acceptors (Lipinski definition) is 3. The van der Waals surface area contributed by atoms with Gasteiger partial charge in [-0.25, -0.2) is 4.79 Å². The molecule has 0 aromatic rings. The Bertz CT molecular complexity index is 348. The first-order valence-electron chi connectivity index (χ1n) is 5.83. The fourth-order valence-corrected chi connectivity index (χ4v) is 2.21. The van der Waals surface area contributed by atoms with Gasteiger partial charge in [0.05, 0.1) is 5.41 Å². The van der Waals surface area contributed by atoms with Crippen LogP contribution in [0, 0.1) is 5.41 Å². The third-order valence-electron chi connectivity index (χ3n) is 3.43. The number of hydrogen-bond donors (Lipinski definition) is 2. The molecule has 3 amide bonds. The largest absolute Gasteiger partial charge is 0.372 e. The minimum Gasteiger partial charge on any atom is -0.372 e. The lowest BCUT2D eigenvalue weighted by atomic mass is 9.77. The van der Waals surface area contributed by atoms with Gasteiger partial charge < -0.3 is 5.11 Å². The SMILES string of the molecule is C=C(C)CN1C(=O)NC(=O)C(CC)(CC)C1O. The van der Waals surface area contributed by atoms with Crippen molar-refractivity contribution in [1.82, 2.24) is 10.2 Å². The van der Waals surface area contributed by atoms with Gasteiger partial charge in [0.25, 0.3) is 0 Å². The van der Waals surface area contributed by atoms with Crippen LogP contribution in [0.1, 0.15) is 33.6 Å². The molecule has 0 aromatic carbocycles. The average Bonchev–Trinajstić information content (AvgIpc) is 2.26. The van der Waals surface area contributed by atoms with Crippen LogP contribution in [0.2, 0.25) is 0 Å². The van der Waals surface area contributed by atoms with Gasteiger partial charge in [0, 0.05) is 6.54 Å². The summed E-state index contributed by atoms with van der Waals surface area (Å²) in [4.78, 5) is 24.8. The Labute approximate surface area is 101 Å². The molecule has 0 radical (unpaired) electrons. The van der Waals surface area contributed by atoms with E-state index in [-0.39, 0.29) is 6.54 Å². The molecule has 5 heteroatoms. The summed E-state index contributed by atoms with van der Waals surface area (Å²) in [6, 6.07) is -0.553. The Kier molecular flexibility index (Phi) is 3.93. The van der Waals surface area contributed by atoms with Gasteiger partial charge in [-0.2, -0.15) is 0 Å². The number of rotatable bonds is 4. The molecule has 0 saturated carbocycles. The number of carbonyl (C=O) groups excluding carboxylic acids is 2. The predicted molar refractivity (Wildman–Crippen MR) is 64.1 cm³/mol. The normalized spacial score (nSPS) is 23.5. The maximum Gasteiger partial charge on any atom is 0.326 e. The number of aliphatic hydroxyl groups excluding tert-OH is 1. The van der Waals surface area contributed by atoms with Crippen molar-refractivity contribution in [2.24, 2.45) is 5.41 Å². The summed E-state index contributed by atoms with van der Waals surface area (Å²) in [6.45, 7) is 9.41. The lowest BCUT2D eigenvalue weighted by Gasteiger charge is -2.45. The Hall–Kier alpha value is -1.36. The van der Waals surface area contributed by atoms with Crippen molar-refractivity contribution in [1.29, 1.82) is 0 Å². The molecule has 1 heterocycles. The molecule has 17 heavy (non-hydrogen) atoms. The van der Waals surface area contributed by atoms with Crippen molar-refractivity contribution in [3.8, 4) is 0 Å². The van der Waals surface area contributed by atoms with E-state index in [2.05, 4.69) is 11.9 Å². The van der Waals surface area contributed by atoms with Crippen LogP contribution in [0.15, 0.2) is 12.2 Å². The number of imide groups is 1. The summed E-state index contributed by atoms with van der Waals surface area (Å²) in [5.41, 5.74) is -0.154. The Morgan fingerprint density at radius 3 is 2.41 bits per heavy atom. The first-order valence-corrected chi connectivity index (χ1v) is 5.83. The van der Waals surface area contributed by atoms with Gasteiger partial charge in [0.15, 0.2) is 0 Å². The second-order valence-electron chi connectivity index (χ2n) is 4.58. The van der Waals surface area contributed by atoms with Gasteiger partial charge in [-0.15, -0.1) is 0 Å². The maximum absolute atomic E-state index is 11.9. The summed E-state index contributed by atoms with van der Waals surface area (Å²) in [5.74, 6) is -0.391. The molecule has 1 aliphatic heterocycles. The highest BCUT2D eigenvalue weighted by Crippen LogP contribution is 2.35. The quantitative estimate of drug-likeness (QED) is 0.726. The molecule has 0 bridgehead atoms. The van der Waals surface area contributed by atoms with Crippen molar-refractivity contribution in [3.63, 3.8) is 0 Å². The van der Waals surface area contributed by atoms with Crippen molar-refractivity contribution in [2.45, 2.75) is 39.8 Å². The number of nitrogens with one attached hydrogen (secondary N) is 1. The van der Waals surface area contributed by atoms with E-state index in [1.54, 1.807) is 6.92 Å². The highest BCUT2D eigenvalue weighted by Gasteiger charge is 2.50. The molecule has 1 atom stereocenters. The van der Waals surface area contributed by atoms with E-state index in [0.717, 1.165) is 5.57 Å². The standard InChI is InChI=1S/C12H20N2O3/c1-5-12(6-2)9(15)13-11(17)14(10(12)16)7-8(3)4/h10,16H,3,5-7H2,1-2,4H3,(H,13,15,17). The first-order chi connectivity index (χ1) is 7.89. The second kappa shape index (κ2) is 4.87. The molecule has 0 aliphatic carbocycles. The summed E-state index contributed by atoms with van der Waals surface area (Å²) in [6.07, 6.45) is -0.122. The molecule has 1 fully saturated rings. The van der Waals surface area contributed by atoms with Gasteiger partial charge in [-0.3, -0.25) is 15.0 Å². The molecule has 0 spiro atoms. The van der Waals surface area contributed by atoms with Crippen LogP contribution >= 0.6 is 0 Å². The lowest BCUT2D eigenvalue weighted by Crippen LogP contribution is -2.66. The number of amides is 3. The van der Waals surface area contributed by atoms with Crippen LogP contribution in [-0.4, -0.2) is 34.7 Å². The molecule has 1 saturated heterocycles. The van der Waals surface area contributed by atoms with Gasteiger partial charge in [-0.05, 0) is 19.8 Å². The average molecular weight is 240 g/mol. The topological polar surface area (TPSA) is 69.6 Å². The van der Waals surface area contributed by atoms with Gasteiger partial charge in [0.1, 0.15) is 6.23 Å². The van der Waals surface area contributed by atoms with Gasteiger partial charge in [-0.1, -0.05) is 26.0 Å². The van der Waals surface area contributed by atoms with Crippen LogP contribution in [0.3, 0.4) is 0 Å². The van der Waals surface area contributed by atoms with E-state index in [4.69, 9.17) is 0 Å². The fourth-order valence-electron chi connectivity index (χ4n) is 2.21. The van der Waals surface area contributed by atoms with E-state index < -0.39 is 23.6 Å². The number of aliphatic hydroxyl groups is 1. The Morgan fingerprint density at radius 2 is 2.00 bits per heavy atom. The monoisotopic (exact) mass is 240 g/mol. The highest BCUT2D eigenvalue weighted by molar-refractivity contribution is 6.00. The molecule has 96 valence electrons. The van der Waals surface area contributed by atoms with Gasteiger partial charge >= 0.3 is 6.03 Å². The minimum absolute atomic E-state index is 0.252. The second-order valence-corrected chi connectivity index (χ2v) is 4.58. The fraction of sp³-hybridized carbons (Fsp3) is 0.667. The molecule has 1 rings (SSSR count). The van der Waals surface area contributed by atoms with Crippen molar-refractivity contribution in [3.05, 3.63) is 12.2 Å². The van der Waals surface area contributed by atoms with E-state index in [9.17, 15) is 14.7 Å². The van der Waals surface area contributed by atoms with Crippen molar-refractivity contribution < 1.29 is 14.7 Å². The molecular formula is C12H20N2O3. The van der Waals surface area contributed by atoms with E-state index in [0.29, 0.717) is 12.8 Å². The zero-order valence-electron chi connectivity index (χ0n) is 10.6. The van der Waals surface area contributed by atoms with E-state index in [1.165, 1.54) is 4.90 Å². The lowest BCUT2D eigenvalue weighted by molar-refractivity contribution is -0.153. The van der Waals surface area contributed by atoms with E-state index in [1.807, 2.05) is 13.8 Å². The van der Waals surface area contributed by atoms with Crippen LogP contribution in [-0.2, 0) is 4.79 Å². The maximum atomic E-state index is 11.9. The van der Waals surface area contributed by atoms with E-state index >= 15 is 0 Å². The molecule has 5 nitrogen and oxygen atoms in total. The molecule has 1 unspecified atom stereocenters. The number of urea groups is 1. The van der Waals surface area contributed by atoms with Crippen LogP contribution in [0.4, 0.5) is 4.79 Å². The molecular weight excluding hydrogens is 220 g/mol. The minimum atomic E-state index is -1.09. The zero-order chi connectivity index (χ0) is 13.2. The number of carbonyl (C=O) groups is 2. The number of nitrogens with zero attached hydrogens (tertiary/aromatic N) is 1. The summed E-state index contributed by atoms with van der Waals surface area (Å²) in [7, 11) is 0. The predicted octanol–water partition coefficient (Wildman–Crippen LogP) is 1.24. The van der Waals surface area contributed by atoms with Crippen molar-refractivity contribution >= 4 is 11.9 Å². The first kappa shape index (κ1) is 13.7.